The normalized spacial score (nSPS) is 20.2. The molecule has 1 aromatic rings. The van der Waals surface area contributed by atoms with Gasteiger partial charge in [0.1, 0.15) is 6.29 Å². The highest BCUT2D eigenvalue weighted by molar-refractivity contribution is 7.11. The van der Waals surface area contributed by atoms with Crippen molar-refractivity contribution in [1.29, 1.82) is 0 Å². The highest BCUT2D eigenvalue weighted by Crippen LogP contribution is 2.30. The number of allylic oxidation sites excluding steroid dienone is 3. The van der Waals surface area contributed by atoms with E-state index in [1.54, 1.807) is 17.4 Å². The molecule has 1 aliphatic carbocycles. The second-order valence-electron chi connectivity index (χ2n) is 5.08. The summed E-state index contributed by atoms with van der Waals surface area (Å²) in [5.74, 6) is -0.448. The Morgan fingerprint density at radius 2 is 2.00 bits per heavy atom. The zero-order valence-electron chi connectivity index (χ0n) is 11.5. The predicted octanol–water partition coefficient (Wildman–Crippen LogP) is 2.43. The van der Waals surface area contributed by atoms with Gasteiger partial charge in [0.25, 0.3) is 5.91 Å². The van der Waals surface area contributed by atoms with Crippen LogP contribution in [0.15, 0.2) is 34.2 Å². The van der Waals surface area contributed by atoms with Crippen molar-refractivity contribution in [3.8, 4) is 0 Å². The van der Waals surface area contributed by atoms with Crippen LogP contribution < -0.4 is 0 Å². The molecule has 21 heavy (non-hydrogen) atoms. The standard InChI is InChI=1S/C16H13NO3S/c1-17-15(19)8-13(16(17)20)5-10-4-11(9-18)6-12-2-3-21-14(12)7-10/h2-3,5-7,9H,4,8H2,1H3/b13-5+. The van der Waals surface area contributed by atoms with Gasteiger partial charge in [0, 0.05) is 23.9 Å². The van der Waals surface area contributed by atoms with Crippen LogP contribution in [0.3, 0.4) is 0 Å². The molecule has 1 saturated heterocycles. The zero-order valence-corrected chi connectivity index (χ0v) is 12.3. The summed E-state index contributed by atoms with van der Waals surface area (Å²) in [5.41, 5.74) is 3.04. The van der Waals surface area contributed by atoms with Gasteiger partial charge in [0.05, 0.1) is 6.42 Å². The third-order valence-corrected chi connectivity index (χ3v) is 4.48. The fourth-order valence-corrected chi connectivity index (χ4v) is 3.31. The summed E-state index contributed by atoms with van der Waals surface area (Å²) in [6, 6.07) is 1.97. The number of nitrogens with zero attached hydrogens (tertiary/aromatic N) is 1. The van der Waals surface area contributed by atoms with E-state index < -0.39 is 0 Å². The lowest BCUT2D eigenvalue weighted by atomic mass is 10.0. The van der Waals surface area contributed by atoms with Gasteiger partial charge < -0.3 is 0 Å². The summed E-state index contributed by atoms with van der Waals surface area (Å²) >= 11 is 1.59. The van der Waals surface area contributed by atoms with Gasteiger partial charge in [-0.25, -0.2) is 0 Å². The molecular weight excluding hydrogens is 286 g/mol. The Labute approximate surface area is 126 Å². The first kappa shape index (κ1) is 13.7. The maximum atomic E-state index is 12.0. The third-order valence-electron chi connectivity index (χ3n) is 3.60. The Morgan fingerprint density at radius 3 is 2.67 bits per heavy atom. The Hall–Kier alpha value is -2.27. The number of aldehydes is 1. The molecule has 2 amide bonds. The molecule has 0 unspecified atom stereocenters. The van der Waals surface area contributed by atoms with Crippen molar-refractivity contribution in [2.45, 2.75) is 12.8 Å². The topological polar surface area (TPSA) is 54.5 Å². The minimum Gasteiger partial charge on any atom is -0.298 e. The first-order chi connectivity index (χ1) is 10.1. The molecule has 1 aromatic heterocycles. The zero-order chi connectivity index (χ0) is 15.0. The van der Waals surface area contributed by atoms with Crippen LogP contribution in [0.1, 0.15) is 23.3 Å². The summed E-state index contributed by atoms with van der Waals surface area (Å²) in [4.78, 5) is 36.9. The minimum atomic E-state index is -0.256. The van der Waals surface area contributed by atoms with Crippen LogP contribution in [-0.4, -0.2) is 30.0 Å². The van der Waals surface area contributed by atoms with Crippen LogP contribution in [0.5, 0.6) is 0 Å². The van der Waals surface area contributed by atoms with Crippen LogP contribution in [0.4, 0.5) is 0 Å². The number of fused-ring (bicyclic) bond motifs is 1. The average molecular weight is 299 g/mol. The lowest BCUT2D eigenvalue weighted by molar-refractivity contribution is -0.135. The van der Waals surface area contributed by atoms with Crippen molar-refractivity contribution in [2.75, 3.05) is 7.05 Å². The van der Waals surface area contributed by atoms with Gasteiger partial charge in [0.2, 0.25) is 5.91 Å². The van der Waals surface area contributed by atoms with Gasteiger partial charge >= 0.3 is 0 Å². The number of rotatable bonds is 2. The average Bonchev–Trinajstić information content (AvgIpc) is 2.93. The molecule has 5 heteroatoms. The molecule has 1 fully saturated rings. The molecule has 0 aromatic carbocycles. The number of thiophene rings is 1. The predicted molar refractivity (Wildman–Crippen MR) is 81.4 cm³/mol. The molecule has 0 bridgehead atoms. The number of carbonyl (C=O) groups excluding carboxylic acids is 3. The van der Waals surface area contributed by atoms with Gasteiger partial charge in [-0.15, -0.1) is 11.3 Å². The SMILES string of the molecule is CN1C(=O)C/C(=C\C2=Cc3sccc3C=C(C=O)C2)C1=O. The van der Waals surface area contributed by atoms with E-state index in [0.29, 0.717) is 17.6 Å². The van der Waals surface area contributed by atoms with Crippen LogP contribution >= 0.6 is 11.3 Å². The summed E-state index contributed by atoms with van der Waals surface area (Å²) in [7, 11) is 1.49. The molecule has 4 nitrogen and oxygen atoms in total. The largest absolute Gasteiger partial charge is 0.298 e. The quantitative estimate of drug-likeness (QED) is 0.479. The van der Waals surface area contributed by atoms with Gasteiger partial charge in [-0.2, -0.15) is 0 Å². The molecule has 2 heterocycles. The molecule has 0 spiro atoms. The van der Waals surface area contributed by atoms with Crippen molar-refractivity contribution in [2.24, 2.45) is 0 Å². The van der Waals surface area contributed by atoms with E-state index in [-0.39, 0.29) is 18.2 Å². The van der Waals surface area contributed by atoms with Crippen molar-refractivity contribution in [1.82, 2.24) is 4.90 Å². The number of carbonyl (C=O) groups is 3. The molecule has 0 N–H and O–H groups in total. The van der Waals surface area contributed by atoms with Crippen molar-refractivity contribution in [3.05, 3.63) is 44.7 Å². The van der Waals surface area contributed by atoms with E-state index in [0.717, 1.165) is 27.2 Å². The summed E-state index contributed by atoms with van der Waals surface area (Å²) in [6.45, 7) is 0. The summed E-state index contributed by atoms with van der Waals surface area (Å²) < 4.78 is 0. The van der Waals surface area contributed by atoms with Crippen molar-refractivity contribution in [3.63, 3.8) is 0 Å². The molecule has 0 saturated carbocycles. The van der Waals surface area contributed by atoms with Gasteiger partial charge in [-0.3, -0.25) is 19.3 Å². The number of amides is 2. The van der Waals surface area contributed by atoms with Crippen LogP contribution in [0.25, 0.3) is 12.2 Å². The lowest BCUT2D eigenvalue weighted by Crippen LogP contribution is -2.23. The van der Waals surface area contributed by atoms with E-state index in [9.17, 15) is 14.4 Å². The maximum Gasteiger partial charge on any atom is 0.256 e. The fourth-order valence-electron chi connectivity index (χ4n) is 2.46. The third kappa shape index (κ3) is 2.52. The Morgan fingerprint density at radius 1 is 1.19 bits per heavy atom. The lowest BCUT2D eigenvalue weighted by Gasteiger charge is -2.04. The number of hydrogen-bond donors (Lipinski definition) is 0. The first-order valence-corrected chi connectivity index (χ1v) is 7.41. The van der Waals surface area contributed by atoms with E-state index in [1.165, 1.54) is 7.05 Å². The summed E-state index contributed by atoms with van der Waals surface area (Å²) in [6.07, 6.45) is 7.04. The van der Waals surface area contributed by atoms with Crippen LogP contribution in [-0.2, 0) is 14.4 Å². The minimum absolute atomic E-state index is 0.129. The molecular formula is C16H13NO3S. The molecule has 1 aliphatic heterocycles. The van der Waals surface area contributed by atoms with Crippen LogP contribution in [0.2, 0.25) is 0 Å². The molecule has 106 valence electrons. The van der Waals surface area contributed by atoms with E-state index in [1.807, 2.05) is 23.6 Å². The van der Waals surface area contributed by atoms with E-state index in [4.69, 9.17) is 0 Å². The Bertz CT molecular complexity index is 736. The molecule has 0 radical (unpaired) electrons. The number of likely N-dealkylation sites (tertiary alicyclic amines) is 1. The highest BCUT2D eigenvalue weighted by Gasteiger charge is 2.30. The van der Waals surface area contributed by atoms with Gasteiger partial charge in [-0.05, 0) is 46.4 Å². The first-order valence-electron chi connectivity index (χ1n) is 6.54. The van der Waals surface area contributed by atoms with Gasteiger partial charge in [0.15, 0.2) is 0 Å². The number of imide groups is 1. The van der Waals surface area contributed by atoms with E-state index >= 15 is 0 Å². The Balaban J connectivity index is 2.00. The number of hydrogen-bond acceptors (Lipinski definition) is 4. The Kier molecular flexibility index (Phi) is 3.43. The van der Waals surface area contributed by atoms with Crippen LogP contribution in [0, 0.1) is 0 Å². The maximum absolute atomic E-state index is 12.0. The molecule has 2 aliphatic rings. The second kappa shape index (κ2) is 5.26. The summed E-state index contributed by atoms with van der Waals surface area (Å²) in [5, 5.41) is 1.97. The van der Waals surface area contributed by atoms with Crippen molar-refractivity contribution < 1.29 is 14.4 Å². The van der Waals surface area contributed by atoms with Gasteiger partial charge in [-0.1, -0.05) is 0 Å². The smallest absolute Gasteiger partial charge is 0.256 e. The van der Waals surface area contributed by atoms with Crippen molar-refractivity contribution >= 4 is 41.6 Å². The fraction of sp³-hybridized carbons (Fsp3) is 0.188. The van der Waals surface area contributed by atoms with E-state index in [2.05, 4.69) is 0 Å². The second-order valence-corrected chi connectivity index (χ2v) is 6.03. The molecule has 3 rings (SSSR count). The molecule has 0 atom stereocenters. The monoisotopic (exact) mass is 299 g/mol. The number of likely N-dealkylation sites (N-methyl/N-ethyl adjacent to an activating group) is 1. The highest BCUT2D eigenvalue weighted by atomic mass is 32.1.